The molecule has 3 rings (SSSR count). The van der Waals surface area contributed by atoms with Crippen molar-refractivity contribution in [2.24, 2.45) is 7.05 Å². The van der Waals surface area contributed by atoms with Gasteiger partial charge in [0.2, 0.25) is 0 Å². The second kappa shape index (κ2) is 5.85. The van der Waals surface area contributed by atoms with E-state index in [2.05, 4.69) is 10.3 Å². The minimum atomic E-state index is -0.187. The third-order valence-corrected chi connectivity index (χ3v) is 4.10. The van der Waals surface area contributed by atoms with Crippen molar-refractivity contribution < 1.29 is 9.90 Å². The van der Waals surface area contributed by atoms with E-state index in [0.29, 0.717) is 11.3 Å². The summed E-state index contributed by atoms with van der Waals surface area (Å²) in [5, 5.41) is 12.1. The second-order valence-electron chi connectivity index (χ2n) is 5.68. The van der Waals surface area contributed by atoms with E-state index in [1.807, 2.05) is 43.7 Å². The maximum Gasteiger partial charge on any atom is 0.255 e. The summed E-state index contributed by atoms with van der Waals surface area (Å²) in [5.41, 5.74) is 4.78. The Labute approximate surface area is 134 Å². The smallest absolute Gasteiger partial charge is 0.255 e. The summed E-state index contributed by atoms with van der Waals surface area (Å²) in [4.78, 5) is 17.0. The van der Waals surface area contributed by atoms with Crippen LogP contribution in [0.1, 0.15) is 27.3 Å². The molecule has 0 spiro atoms. The fourth-order valence-corrected chi connectivity index (χ4v) is 2.56. The van der Waals surface area contributed by atoms with Crippen LogP contribution in [0.2, 0.25) is 0 Å². The molecule has 0 saturated heterocycles. The molecule has 0 saturated carbocycles. The Bertz CT molecular complexity index is 897. The Kier molecular flexibility index (Phi) is 3.88. The molecule has 1 amide bonds. The zero-order valence-electron chi connectivity index (χ0n) is 13.4. The number of rotatable bonds is 3. The van der Waals surface area contributed by atoms with Gasteiger partial charge in [-0.05, 0) is 49.2 Å². The Hall–Kier alpha value is -2.66. The fourth-order valence-electron chi connectivity index (χ4n) is 2.56. The van der Waals surface area contributed by atoms with Crippen molar-refractivity contribution >= 4 is 22.6 Å². The summed E-state index contributed by atoms with van der Waals surface area (Å²) in [6, 6.07) is 11.0. The van der Waals surface area contributed by atoms with E-state index in [4.69, 9.17) is 0 Å². The number of hydrogen-bond donors (Lipinski definition) is 2. The number of anilines is 1. The van der Waals surface area contributed by atoms with Gasteiger partial charge in [0.15, 0.2) is 0 Å². The van der Waals surface area contributed by atoms with Gasteiger partial charge in [0.25, 0.3) is 5.91 Å². The number of carbonyl (C=O) groups excluding carboxylic acids is 1. The van der Waals surface area contributed by atoms with E-state index in [9.17, 15) is 9.90 Å². The van der Waals surface area contributed by atoms with Gasteiger partial charge >= 0.3 is 0 Å². The second-order valence-corrected chi connectivity index (χ2v) is 5.68. The summed E-state index contributed by atoms with van der Waals surface area (Å²) < 4.78 is 1.99. The molecule has 0 radical (unpaired) electrons. The van der Waals surface area contributed by atoms with Crippen LogP contribution in [0.3, 0.4) is 0 Å². The van der Waals surface area contributed by atoms with Crippen LogP contribution >= 0.6 is 0 Å². The van der Waals surface area contributed by atoms with Crippen LogP contribution in [-0.4, -0.2) is 20.6 Å². The van der Waals surface area contributed by atoms with E-state index in [0.717, 1.165) is 28.0 Å². The minimum absolute atomic E-state index is 0.0533. The van der Waals surface area contributed by atoms with Gasteiger partial charge in [-0.2, -0.15) is 0 Å². The van der Waals surface area contributed by atoms with E-state index in [-0.39, 0.29) is 12.5 Å². The van der Waals surface area contributed by atoms with Crippen LogP contribution in [0.15, 0.2) is 36.4 Å². The molecule has 1 heterocycles. The van der Waals surface area contributed by atoms with Crippen LogP contribution in [0.5, 0.6) is 0 Å². The predicted molar refractivity (Wildman–Crippen MR) is 90.5 cm³/mol. The van der Waals surface area contributed by atoms with Gasteiger partial charge < -0.3 is 15.0 Å². The lowest BCUT2D eigenvalue weighted by Gasteiger charge is -2.10. The van der Waals surface area contributed by atoms with Crippen molar-refractivity contribution in [2.45, 2.75) is 20.5 Å². The number of benzene rings is 2. The quantitative estimate of drug-likeness (QED) is 0.781. The van der Waals surface area contributed by atoms with Crippen molar-refractivity contribution in [3.05, 3.63) is 58.9 Å². The van der Waals surface area contributed by atoms with Gasteiger partial charge in [0.05, 0.1) is 17.6 Å². The summed E-state index contributed by atoms with van der Waals surface area (Å²) in [6.07, 6.45) is 0. The molecule has 0 atom stereocenters. The molecule has 2 aromatic carbocycles. The van der Waals surface area contributed by atoms with E-state index in [1.165, 1.54) is 0 Å². The number of amides is 1. The average Bonchev–Trinajstić information content (AvgIpc) is 2.83. The van der Waals surface area contributed by atoms with E-state index < -0.39 is 0 Å². The Balaban J connectivity index is 1.91. The molecule has 2 N–H and O–H groups in total. The largest absolute Gasteiger partial charge is 0.392 e. The molecular formula is C18H19N3O2. The molecule has 1 aromatic heterocycles. The minimum Gasteiger partial charge on any atom is -0.392 e. The van der Waals surface area contributed by atoms with Crippen LogP contribution in [0, 0.1) is 13.8 Å². The number of nitrogens with zero attached hydrogens (tertiary/aromatic N) is 2. The van der Waals surface area contributed by atoms with Crippen molar-refractivity contribution in [2.75, 3.05) is 5.32 Å². The molecule has 0 aliphatic carbocycles. The van der Waals surface area contributed by atoms with Crippen molar-refractivity contribution in [1.82, 2.24) is 9.55 Å². The molecule has 0 aliphatic rings. The third kappa shape index (κ3) is 2.83. The van der Waals surface area contributed by atoms with Crippen LogP contribution in [-0.2, 0) is 13.7 Å². The molecule has 5 nitrogen and oxygen atoms in total. The lowest BCUT2D eigenvalue weighted by Crippen LogP contribution is -2.13. The summed E-state index contributed by atoms with van der Waals surface area (Å²) in [7, 11) is 1.95. The number of hydrogen-bond acceptors (Lipinski definition) is 3. The SMILES string of the molecule is Cc1ccc(CO)cc1NC(=O)c1ccc2c(c1)nc(C)n2C. The van der Waals surface area contributed by atoms with Gasteiger partial charge in [-0.15, -0.1) is 0 Å². The van der Waals surface area contributed by atoms with E-state index in [1.54, 1.807) is 18.2 Å². The number of aliphatic hydroxyl groups excluding tert-OH is 1. The molecule has 0 unspecified atom stereocenters. The van der Waals surface area contributed by atoms with Crippen LogP contribution < -0.4 is 5.32 Å². The normalized spacial score (nSPS) is 11.0. The highest BCUT2D eigenvalue weighted by molar-refractivity contribution is 6.06. The standard InChI is InChI=1S/C18H19N3O2/c1-11-4-5-13(10-22)8-15(11)20-18(23)14-6-7-17-16(9-14)19-12(2)21(17)3/h4-9,22H,10H2,1-3H3,(H,20,23). The number of aliphatic hydroxyl groups is 1. The first-order chi connectivity index (χ1) is 11.0. The highest BCUT2D eigenvalue weighted by Gasteiger charge is 2.11. The predicted octanol–water partition coefficient (Wildman–Crippen LogP) is 2.93. The number of nitrogens with one attached hydrogen (secondary N) is 1. The highest BCUT2D eigenvalue weighted by Crippen LogP contribution is 2.20. The van der Waals surface area contributed by atoms with Gasteiger partial charge in [0, 0.05) is 18.3 Å². The topological polar surface area (TPSA) is 67.2 Å². The molecule has 0 fully saturated rings. The maximum atomic E-state index is 12.5. The third-order valence-electron chi connectivity index (χ3n) is 4.10. The van der Waals surface area contributed by atoms with Crippen LogP contribution in [0.25, 0.3) is 11.0 Å². The first-order valence-corrected chi connectivity index (χ1v) is 7.44. The van der Waals surface area contributed by atoms with Gasteiger partial charge in [-0.1, -0.05) is 12.1 Å². The number of aryl methyl sites for hydroxylation is 3. The van der Waals surface area contributed by atoms with Gasteiger partial charge in [-0.3, -0.25) is 4.79 Å². The monoisotopic (exact) mass is 309 g/mol. The Morgan fingerprint density at radius 2 is 2.00 bits per heavy atom. The number of imidazole rings is 1. The van der Waals surface area contributed by atoms with Gasteiger partial charge in [0.1, 0.15) is 5.82 Å². The number of carbonyl (C=O) groups is 1. The molecule has 23 heavy (non-hydrogen) atoms. The first kappa shape index (κ1) is 15.2. The lowest BCUT2D eigenvalue weighted by molar-refractivity contribution is 0.102. The Morgan fingerprint density at radius 1 is 1.22 bits per heavy atom. The lowest BCUT2D eigenvalue weighted by atomic mass is 10.1. The Morgan fingerprint density at radius 3 is 2.74 bits per heavy atom. The molecule has 3 aromatic rings. The number of aromatic nitrogens is 2. The number of fused-ring (bicyclic) bond motifs is 1. The molecule has 0 bridgehead atoms. The summed E-state index contributed by atoms with van der Waals surface area (Å²) in [6.45, 7) is 3.80. The fraction of sp³-hybridized carbons (Fsp3) is 0.222. The van der Waals surface area contributed by atoms with Crippen molar-refractivity contribution in [1.29, 1.82) is 0 Å². The highest BCUT2D eigenvalue weighted by atomic mass is 16.3. The van der Waals surface area contributed by atoms with E-state index >= 15 is 0 Å². The molecule has 118 valence electrons. The zero-order valence-corrected chi connectivity index (χ0v) is 13.4. The average molecular weight is 309 g/mol. The summed E-state index contributed by atoms with van der Waals surface area (Å²) >= 11 is 0. The van der Waals surface area contributed by atoms with Crippen LogP contribution in [0.4, 0.5) is 5.69 Å². The summed E-state index contributed by atoms with van der Waals surface area (Å²) in [5.74, 6) is 0.720. The first-order valence-electron chi connectivity index (χ1n) is 7.44. The zero-order chi connectivity index (χ0) is 16.6. The van der Waals surface area contributed by atoms with Gasteiger partial charge in [-0.25, -0.2) is 4.98 Å². The molecular weight excluding hydrogens is 290 g/mol. The van der Waals surface area contributed by atoms with Crippen molar-refractivity contribution in [3.63, 3.8) is 0 Å². The molecule has 0 aliphatic heterocycles. The maximum absolute atomic E-state index is 12.5. The van der Waals surface area contributed by atoms with Crippen molar-refractivity contribution in [3.8, 4) is 0 Å². The molecule has 5 heteroatoms.